The van der Waals surface area contributed by atoms with Crippen LogP contribution in [0.25, 0.3) is 5.65 Å². The number of imidazole rings is 1. The standard InChI is InChI=1S/C17H21N7O/c1-12-8-16(24-15(20-12)5-6-19-24)23-7-3-4-13(9-23)21-17(25)14-10-22(2)11-18-14/h5-6,8,10-11,13H,3-4,7,9H2,1-2H3,(H,21,25). The lowest BCUT2D eigenvalue weighted by molar-refractivity contribution is 0.0928. The second-order valence-electron chi connectivity index (χ2n) is 6.54. The van der Waals surface area contributed by atoms with Crippen LogP contribution in [0.2, 0.25) is 0 Å². The molecule has 25 heavy (non-hydrogen) atoms. The summed E-state index contributed by atoms with van der Waals surface area (Å²) in [6, 6.07) is 4.03. The van der Waals surface area contributed by atoms with Gasteiger partial charge >= 0.3 is 0 Å². The van der Waals surface area contributed by atoms with E-state index in [4.69, 9.17) is 0 Å². The van der Waals surface area contributed by atoms with Crippen LogP contribution >= 0.6 is 0 Å². The van der Waals surface area contributed by atoms with E-state index in [1.54, 1.807) is 23.3 Å². The molecule has 4 heterocycles. The van der Waals surface area contributed by atoms with E-state index in [9.17, 15) is 4.79 Å². The first-order valence-corrected chi connectivity index (χ1v) is 8.45. The predicted molar refractivity (Wildman–Crippen MR) is 93.6 cm³/mol. The van der Waals surface area contributed by atoms with Crippen LogP contribution in [-0.4, -0.2) is 49.2 Å². The minimum Gasteiger partial charge on any atom is -0.354 e. The number of aryl methyl sites for hydroxylation is 2. The lowest BCUT2D eigenvalue weighted by atomic mass is 10.1. The Hall–Kier alpha value is -2.90. The summed E-state index contributed by atoms with van der Waals surface area (Å²) in [6.45, 7) is 3.67. The summed E-state index contributed by atoms with van der Waals surface area (Å²) < 4.78 is 3.63. The van der Waals surface area contributed by atoms with Gasteiger partial charge in [0, 0.05) is 50.2 Å². The zero-order valence-electron chi connectivity index (χ0n) is 14.4. The van der Waals surface area contributed by atoms with Gasteiger partial charge in [-0.2, -0.15) is 9.61 Å². The first-order valence-electron chi connectivity index (χ1n) is 8.45. The molecule has 1 atom stereocenters. The fourth-order valence-corrected chi connectivity index (χ4v) is 3.34. The van der Waals surface area contributed by atoms with Gasteiger partial charge in [-0.3, -0.25) is 4.79 Å². The Morgan fingerprint density at radius 1 is 1.40 bits per heavy atom. The highest BCUT2D eigenvalue weighted by molar-refractivity contribution is 5.92. The summed E-state index contributed by atoms with van der Waals surface area (Å²) >= 11 is 0. The third-order valence-corrected chi connectivity index (χ3v) is 4.49. The third kappa shape index (κ3) is 3.07. The Morgan fingerprint density at radius 3 is 3.08 bits per heavy atom. The van der Waals surface area contributed by atoms with E-state index < -0.39 is 0 Å². The molecular weight excluding hydrogens is 318 g/mol. The molecule has 1 N–H and O–H groups in total. The number of piperidine rings is 1. The highest BCUT2D eigenvalue weighted by atomic mass is 16.2. The molecule has 1 amide bonds. The average molecular weight is 339 g/mol. The van der Waals surface area contributed by atoms with Crippen LogP contribution in [0, 0.1) is 6.92 Å². The van der Waals surface area contributed by atoms with Crippen molar-refractivity contribution in [2.24, 2.45) is 7.05 Å². The predicted octanol–water partition coefficient (Wildman–Crippen LogP) is 1.17. The molecule has 1 fully saturated rings. The zero-order chi connectivity index (χ0) is 17.4. The molecule has 4 rings (SSSR count). The minimum atomic E-state index is -0.123. The molecule has 130 valence electrons. The number of hydrogen-bond acceptors (Lipinski definition) is 5. The number of amides is 1. The number of aromatic nitrogens is 5. The Balaban J connectivity index is 1.52. The first-order chi connectivity index (χ1) is 12.1. The van der Waals surface area contributed by atoms with E-state index in [0.29, 0.717) is 5.69 Å². The van der Waals surface area contributed by atoms with Crippen LogP contribution in [0.4, 0.5) is 5.82 Å². The molecule has 1 aliphatic heterocycles. The van der Waals surface area contributed by atoms with Crippen LogP contribution in [-0.2, 0) is 7.05 Å². The second-order valence-corrected chi connectivity index (χ2v) is 6.54. The van der Waals surface area contributed by atoms with Gasteiger partial charge in [-0.1, -0.05) is 0 Å². The maximum Gasteiger partial charge on any atom is 0.271 e. The molecule has 0 saturated carbocycles. The fourth-order valence-electron chi connectivity index (χ4n) is 3.34. The number of nitrogens with zero attached hydrogens (tertiary/aromatic N) is 6. The normalized spacial score (nSPS) is 17.8. The quantitative estimate of drug-likeness (QED) is 0.775. The molecule has 8 heteroatoms. The molecule has 1 unspecified atom stereocenters. The van der Waals surface area contributed by atoms with Crippen LogP contribution in [0.3, 0.4) is 0 Å². The van der Waals surface area contributed by atoms with Crippen LogP contribution in [0.15, 0.2) is 30.9 Å². The molecule has 0 aromatic carbocycles. The molecule has 0 radical (unpaired) electrons. The van der Waals surface area contributed by atoms with Gasteiger partial charge in [0.15, 0.2) is 5.65 Å². The molecular formula is C17H21N7O. The topological polar surface area (TPSA) is 80.4 Å². The molecule has 3 aromatic rings. The first kappa shape index (κ1) is 15.6. The summed E-state index contributed by atoms with van der Waals surface area (Å²) in [4.78, 5) is 23.2. The van der Waals surface area contributed by atoms with Gasteiger partial charge < -0.3 is 14.8 Å². The molecule has 1 aliphatic rings. The highest BCUT2D eigenvalue weighted by Gasteiger charge is 2.24. The van der Waals surface area contributed by atoms with Gasteiger partial charge in [-0.25, -0.2) is 9.97 Å². The Labute approximate surface area is 145 Å². The Morgan fingerprint density at radius 2 is 2.28 bits per heavy atom. The van der Waals surface area contributed by atoms with Gasteiger partial charge in [-0.15, -0.1) is 0 Å². The van der Waals surface area contributed by atoms with E-state index in [2.05, 4.69) is 25.3 Å². The van der Waals surface area contributed by atoms with Crippen molar-refractivity contribution in [3.05, 3.63) is 42.2 Å². The van der Waals surface area contributed by atoms with E-state index in [0.717, 1.165) is 43.1 Å². The average Bonchev–Trinajstić information content (AvgIpc) is 3.23. The monoisotopic (exact) mass is 339 g/mol. The molecule has 0 bridgehead atoms. The molecule has 0 aliphatic carbocycles. The number of rotatable bonds is 3. The number of hydrogen-bond donors (Lipinski definition) is 1. The summed E-state index contributed by atoms with van der Waals surface area (Å²) in [5.74, 6) is 0.895. The second kappa shape index (κ2) is 6.19. The summed E-state index contributed by atoms with van der Waals surface area (Å²) in [7, 11) is 1.85. The Kier molecular flexibility index (Phi) is 3.87. The maximum absolute atomic E-state index is 12.4. The summed E-state index contributed by atoms with van der Waals surface area (Å²) in [5.41, 5.74) is 2.26. The lowest BCUT2D eigenvalue weighted by Gasteiger charge is -2.34. The van der Waals surface area contributed by atoms with Gasteiger partial charge in [0.1, 0.15) is 11.5 Å². The van der Waals surface area contributed by atoms with Gasteiger partial charge in [0.25, 0.3) is 5.91 Å². The third-order valence-electron chi connectivity index (χ3n) is 4.49. The summed E-state index contributed by atoms with van der Waals surface area (Å²) in [6.07, 6.45) is 7.10. The lowest BCUT2D eigenvalue weighted by Crippen LogP contribution is -2.48. The van der Waals surface area contributed by atoms with Crippen molar-refractivity contribution >= 4 is 17.4 Å². The SMILES string of the molecule is Cc1cc(N2CCCC(NC(=O)c3cn(C)cn3)C2)n2nccc2n1. The van der Waals surface area contributed by atoms with Gasteiger partial charge in [-0.05, 0) is 19.8 Å². The summed E-state index contributed by atoms with van der Waals surface area (Å²) in [5, 5.41) is 7.49. The fraction of sp³-hybridized carbons (Fsp3) is 0.412. The van der Waals surface area contributed by atoms with E-state index in [1.165, 1.54) is 0 Å². The van der Waals surface area contributed by atoms with Crippen molar-refractivity contribution in [2.75, 3.05) is 18.0 Å². The largest absolute Gasteiger partial charge is 0.354 e. The smallest absolute Gasteiger partial charge is 0.271 e. The molecule has 1 saturated heterocycles. The van der Waals surface area contributed by atoms with Crippen LogP contribution < -0.4 is 10.2 Å². The van der Waals surface area contributed by atoms with Crippen molar-refractivity contribution < 1.29 is 4.79 Å². The number of fused-ring (bicyclic) bond motifs is 1. The van der Waals surface area contributed by atoms with Gasteiger partial charge in [0.05, 0.1) is 12.5 Å². The van der Waals surface area contributed by atoms with Crippen LogP contribution in [0.1, 0.15) is 29.0 Å². The van der Waals surface area contributed by atoms with E-state index >= 15 is 0 Å². The molecule has 0 spiro atoms. The van der Waals surface area contributed by atoms with E-state index in [-0.39, 0.29) is 11.9 Å². The molecule has 8 nitrogen and oxygen atoms in total. The zero-order valence-corrected chi connectivity index (χ0v) is 14.4. The highest BCUT2D eigenvalue weighted by Crippen LogP contribution is 2.21. The number of anilines is 1. The Bertz CT molecular complexity index is 913. The maximum atomic E-state index is 12.4. The molecule has 3 aromatic heterocycles. The van der Waals surface area contributed by atoms with Crippen molar-refractivity contribution in [2.45, 2.75) is 25.8 Å². The number of carbonyl (C=O) groups excluding carboxylic acids is 1. The van der Waals surface area contributed by atoms with Crippen molar-refractivity contribution in [1.29, 1.82) is 0 Å². The minimum absolute atomic E-state index is 0.0855. The van der Waals surface area contributed by atoms with Crippen molar-refractivity contribution in [3.8, 4) is 0 Å². The van der Waals surface area contributed by atoms with Crippen molar-refractivity contribution in [3.63, 3.8) is 0 Å². The van der Waals surface area contributed by atoms with Gasteiger partial charge in [0.2, 0.25) is 0 Å². The number of carbonyl (C=O) groups is 1. The van der Waals surface area contributed by atoms with E-state index in [1.807, 2.05) is 30.6 Å². The van der Waals surface area contributed by atoms with Crippen molar-refractivity contribution in [1.82, 2.24) is 29.5 Å². The van der Waals surface area contributed by atoms with Crippen LogP contribution in [0.5, 0.6) is 0 Å². The number of nitrogens with one attached hydrogen (secondary N) is 1.